The molecule has 216 valence electrons. The van der Waals surface area contributed by atoms with Crippen LogP contribution in [0.4, 0.5) is 33.5 Å². The van der Waals surface area contributed by atoms with Gasteiger partial charge in [0.25, 0.3) is 0 Å². The van der Waals surface area contributed by atoms with E-state index in [-0.39, 0.29) is 15.7 Å². The molecule has 0 bridgehead atoms. The lowest BCUT2D eigenvalue weighted by atomic mass is 10.1. The van der Waals surface area contributed by atoms with Gasteiger partial charge in [0.1, 0.15) is 51.9 Å². The number of methoxy groups -OCH3 is 2. The van der Waals surface area contributed by atoms with Crippen molar-refractivity contribution in [1.82, 2.24) is 14.9 Å². The van der Waals surface area contributed by atoms with Crippen LogP contribution in [0.2, 0.25) is 10.0 Å². The van der Waals surface area contributed by atoms with Crippen LogP contribution in [-0.2, 0) is 0 Å². The maximum atomic E-state index is 13.1. The Morgan fingerprint density at radius 1 is 1.05 bits per heavy atom. The van der Waals surface area contributed by atoms with Gasteiger partial charge in [-0.15, -0.1) is 0 Å². The summed E-state index contributed by atoms with van der Waals surface area (Å²) >= 11 is 12.8. The van der Waals surface area contributed by atoms with E-state index < -0.39 is 6.03 Å². The fourth-order valence-electron chi connectivity index (χ4n) is 5.28. The van der Waals surface area contributed by atoms with E-state index in [9.17, 15) is 4.79 Å². The van der Waals surface area contributed by atoms with E-state index in [0.29, 0.717) is 35.8 Å². The van der Waals surface area contributed by atoms with Crippen LogP contribution in [-0.4, -0.2) is 80.5 Å². The van der Waals surface area contributed by atoms with Crippen molar-refractivity contribution in [3.05, 3.63) is 46.7 Å². The molecule has 1 saturated heterocycles. The first-order valence-electron chi connectivity index (χ1n) is 13.4. The highest BCUT2D eigenvalue weighted by Gasteiger charge is 2.38. The molecule has 1 saturated carbocycles. The van der Waals surface area contributed by atoms with E-state index in [0.717, 1.165) is 42.8 Å². The molecule has 1 atom stereocenters. The number of carbonyl (C=O) groups is 1. The van der Waals surface area contributed by atoms with Gasteiger partial charge >= 0.3 is 6.03 Å². The van der Waals surface area contributed by atoms with Crippen LogP contribution < -0.4 is 34.6 Å². The minimum absolute atomic E-state index is 0.149. The number of ether oxygens (including phenoxy) is 3. The van der Waals surface area contributed by atoms with E-state index in [1.807, 2.05) is 12.1 Å². The molecule has 1 aromatic heterocycles. The normalized spacial score (nSPS) is 18.1. The fourth-order valence-corrected chi connectivity index (χ4v) is 5.87. The number of carbonyl (C=O) groups excluding carboxylic acids is 1. The third-order valence-corrected chi connectivity index (χ3v) is 8.41. The number of nitrogens with one attached hydrogen (secondary N) is 2. The number of piperazine rings is 1. The van der Waals surface area contributed by atoms with Crippen molar-refractivity contribution in [2.75, 3.05) is 67.9 Å². The van der Waals surface area contributed by atoms with Gasteiger partial charge in [0.05, 0.1) is 31.6 Å². The second kappa shape index (κ2) is 11.3. The van der Waals surface area contributed by atoms with Crippen LogP contribution in [0.15, 0.2) is 36.7 Å². The smallest absolute Gasteiger partial charge is 0.327 e. The summed E-state index contributed by atoms with van der Waals surface area (Å²) in [7, 11) is 4.50. The van der Waals surface area contributed by atoms with Crippen molar-refractivity contribution in [2.24, 2.45) is 0 Å². The first-order valence-corrected chi connectivity index (χ1v) is 14.1. The zero-order chi connectivity index (χ0) is 28.7. The average Bonchev–Trinajstić information content (AvgIpc) is 3.84. The number of anilines is 5. The second-order valence-electron chi connectivity index (χ2n) is 10.2. The lowest BCUT2D eigenvalue weighted by molar-refractivity contribution is 0.161. The minimum Gasteiger partial charge on any atom is -0.495 e. The summed E-state index contributed by atoms with van der Waals surface area (Å²) in [5, 5.41) is 6.32. The SMILES string of the molecule is COc1cc(OC)c(Cl)c(NC(=O)N(C)c2cc(Nc3ccc4c(c3)OC[C@H]3CN(C5CC5)CCN43)ncn2)c1Cl. The standard InChI is InChI=1S/C28H31Cl2N7O4/c1-35(28(38)34-27-25(29)21(39-2)11-22(40-3)26(27)30)24-12-23(31-15-32-24)33-16-4-7-19-20(10-16)41-14-18-13-36(17-5-6-17)8-9-37(18)19/h4,7,10-12,15,17-18H,5-6,8-9,13-14H2,1-3H3,(H,34,38)(H,31,32,33)/t18-/m1/s1. The molecule has 0 unspecified atom stereocenters. The van der Waals surface area contributed by atoms with Gasteiger partial charge in [-0.05, 0) is 25.0 Å². The molecule has 41 heavy (non-hydrogen) atoms. The van der Waals surface area contributed by atoms with Crippen LogP contribution in [0.3, 0.4) is 0 Å². The number of benzene rings is 2. The van der Waals surface area contributed by atoms with E-state index in [1.54, 1.807) is 19.2 Å². The Bertz CT molecular complexity index is 1440. The van der Waals surface area contributed by atoms with Gasteiger partial charge in [0, 0.05) is 56.6 Å². The fraction of sp³-hybridized carbons (Fsp3) is 0.393. The molecular weight excluding hydrogens is 569 g/mol. The molecule has 1 aliphatic carbocycles. The summed E-state index contributed by atoms with van der Waals surface area (Å²) < 4.78 is 16.7. The van der Waals surface area contributed by atoms with Gasteiger partial charge in [-0.3, -0.25) is 9.80 Å². The molecule has 6 rings (SSSR count). The Labute approximate surface area is 248 Å². The van der Waals surface area contributed by atoms with Crippen molar-refractivity contribution < 1.29 is 19.0 Å². The van der Waals surface area contributed by atoms with Gasteiger partial charge in [0.15, 0.2) is 0 Å². The molecule has 0 spiro atoms. The van der Waals surface area contributed by atoms with Crippen LogP contribution in [0.1, 0.15) is 12.8 Å². The molecular formula is C28H31Cl2N7O4. The maximum absolute atomic E-state index is 13.1. The van der Waals surface area contributed by atoms with Crippen molar-refractivity contribution >= 4 is 57.9 Å². The molecule has 2 N–H and O–H groups in total. The zero-order valence-corrected chi connectivity index (χ0v) is 24.5. The number of hydrogen-bond acceptors (Lipinski definition) is 9. The highest BCUT2D eigenvalue weighted by Crippen LogP contribution is 2.44. The molecule has 0 radical (unpaired) electrons. The van der Waals surface area contributed by atoms with Crippen LogP contribution >= 0.6 is 23.2 Å². The number of nitrogens with zero attached hydrogens (tertiary/aromatic N) is 5. The number of hydrogen-bond donors (Lipinski definition) is 2. The lowest BCUT2D eigenvalue weighted by Gasteiger charge is -2.45. The molecule has 3 heterocycles. The summed E-state index contributed by atoms with van der Waals surface area (Å²) in [5.74, 6) is 2.33. The number of amides is 2. The van der Waals surface area contributed by atoms with Crippen molar-refractivity contribution in [2.45, 2.75) is 24.9 Å². The number of rotatable bonds is 7. The van der Waals surface area contributed by atoms with Gasteiger partial charge in [-0.1, -0.05) is 23.2 Å². The largest absolute Gasteiger partial charge is 0.495 e. The number of fused-ring (bicyclic) bond motifs is 3. The number of urea groups is 1. The molecule has 2 amide bonds. The van der Waals surface area contributed by atoms with Crippen molar-refractivity contribution in [3.8, 4) is 17.2 Å². The maximum Gasteiger partial charge on any atom is 0.327 e. The quantitative estimate of drug-likeness (QED) is 0.376. The zero-order valence-electron chi connectivity index (χ0n) is 23.0. The highest BCUT2D eigenvalue weighted by molar-refractivity contribution is 6.41. The van der Waals surface area contributed by atoms with Crippen LogP contribution in [0, 0.1) is 0 Å². The summed E-state index contributed by atoms with van der Waals surface area (Å²) in [6, 6.07) is 9.93. The van der Waals surface area contributed by atoms with Gasteiger partial charge in [-0.2, -0.15) is 0 Å². The molecule has 3 aliphatic rings. The average molecular weight is 601 g/mol. The molecule has 3 aromatic rings. The third-order valence-electron chi connectivity index (χ3n) is 7.66. The first kappa shape index (κ1) is 27.5. The molecule has 2 fully saturated rings. The summed E-state index contributed by atoms with van der Waals surface area (Å²) in [6.45, 7) is 3.82. The van der Waals surface area contributed by atoms with Gasteiger partial charge in [0.2, 0.25) is 0 Å². The molecule has 2 aromatic carbocycles. The van der Waals surface area contributed by atoms with E-state index in [4.69, 9.17) is 37.4 Å². The van der Waals surface area contributed by atoms with Gasteiger partial charge < -0.3 is 29.7 Å². The number of halogens is 2. The Morgan fingerprint density at radius 3 is 2.51 bits per heavy atom. The Balaban J connectivity index is 1.15. The number of aromatic nitrogens is 2. The minimum atomic E-state index is -0.521. The van der Waals surface area contributed by atoms with Gasteiger partial charge in [-0.25, -0.2) is 14.8 Å². The topological polar surface area (TPSA) is 104 Å². The summed E-state index contributed by atoms with van der Waals surface area (Å²) in [6.07, 6.45) is 4.03. The molecule has 2 aliphatic heterocycles. The van der Waals surface area contributed by atoms with Crippen LogP contribution in [0.25, 0.3) is 0 Å². The van der Waals surface area contributed by atoms with Crippen molar-refractivity contribution in [1.29, 1.82) is 0 Å². The monoisotopic (exact) mass is 599 g/mol. The Hall–Kier alpha value is -3.67. The summed E-state index contributed by atoms with van der Waals surface area (Å²) in [5.41, 5.74) is 2.10. The lowest BCUT2D eigenvalue weighted by Crippen LogP contribution is -2.57. The van der Waals surface area contributed by atoms with E-state index >= 15 is 0 Å². The molecule has 11 nitrogen and oxygen atoms in total. The Kier molecular flexibility index (Phi) is 7.58. The highest BCUT2D eigenvalue weighted by atomic mass is 35.5. The summed E-state index contributed by atoms with van der Waals surface area (Å²) in [4.78, 5) is 28.1. The van der Waals surface area contributed by atoms with E-state index in [1.165, 1.54) is 38.3 Å². The Morgan fingerprint density at radius 2 is 1.80 bits per heavy atom. The van der Waals surface area contributed by atoms with E-state index in [2.05, 4.69) is 36.5 Å². The predicted molar refractivity (Wildman–Crippen MR) is 160 cm³/mol. The van der Waals surface area contributed by atoms with Crippen LogP contribution in [0.5, 0.6) is 17.2 Å². The van der Waals surface area contributed by atoms with Crippen molar-refractivity contribution in [3.63, 3.8) is 0 Å². The third kappa shape index (κ3) is 5.49. The second-order valence-corrected chi connectivity index (χ2v) is 11.0. The first-order chi connectivity index (χ1) is 19.9. The molecule has 13 heteroatoms. The predicted octanol–water partition coefficient (Wildman–Crippen LogP) is 5.26.